The van der Waals surface area contributed by atoms with E-state index in [0.29, 0.717) is 0 Å². The average Bonchev–Trinajstić information content (AvgIpc) is 3.14. The molecular weight excluding hydrogens is 388 g/mol. The van der Waals surface area contributed by atoms with Crippen molar-refractivity contribution >= 4 is 11.4 Å². The number of hydrogen-bond acceptors (Lipinski definition) is 2. The minimum absolute atomic E-state index is 0.0707. The summed E-state index contributed by atoms with van der Waals surface area (Å²) in [7, 11) is 0. The number of nitrogen functional groups attached to an aromatic ring is 2. The molecule has 2 aliphatic carbocycles. The van der Waals surface area contributed by atoms with Crippen LogP contribution in [0.25, 0.3) is 22.3 Å². The molecular formula is C30H30N2. The van der Waals surface area contributed by atoms with Crippen LogP contribution in [0.4, 0.5) is 11.4 Å². The summed E-state index contributed by atoms with van der Waals surface area (Å²) >= 11 is 0. The summed E-state index contributed by atoms with van der Waals surface area (Å²) in [6, 6.07) is 29.7. The van der Waals surface area contributed by atoms with Gasteiger partial charge in [-0.15, -0.1) is 0 Å². The molecule has 0 atom stereocenters. The van der Waals surface area contributed by atoms with Crippen LogP contribution in [-0.2, 0) is 10.8 Å². The van der Waals surface area contributed by atoms with Crippen molar-refractivity contribution < 1.29 is 0 Å². The van der Waals surface area contributed by atoms with Gasteiger partial charge in [0.2, 0.25) is 0 Å². The van der Waals surface area contributed by atoms with Gasteiger partial charge in [0.25, 0.3) is 0 Å². The van der Waals surface area contributed by atoms with E-state index in [1.165, 1.54) is 44.5 Å². The van der Waals surface area contributed by atoms with E-state index in [2.05, 4.69) is 100 Å². The van der Waals surface area contributed by atoms with Crippen molar-refractivity contribution in [1.82, 2.24) is 0 Å². The van der Waals surface area contributed by atoms with Gasteiger partial charge >= 0.3 is 0 Å². The van der Waals surface area contributed by atoms with E-state index in [-0.39, 0.29) is 10.8 Å². The van der Waals surface area contributed by atoms with Gasteiger partial charge in [0.1, 0.15) is 0 Å². The Kier molecular flexibility index (Phi) is 4.46. The van der Waals surface area contributed by atoms with Crippen LogP contribution in [0.2, 0.25) is 0 Å². The lowest BCUT2D eigenvalue weighted by Gasteiger charge is -2.21. The minimum Gasteiger partial charge on any atom is -0.399 e. The first-order valence-corrected chi connectivity index (χ1v) is 11.2. The first-order chi connectivity index (χ1) is 15.2. The summed E-state index contributed by atoms with van der Waals surface area (Å²) in [6.45, 7) is 9.04. The largest absolute Gasteiger partial charge is 0.399 e. The Morgan fingerprint density at radius 3 is 1.19 bits per heavy atom. The lowest BCUT2D eigenvalue weighted by atomic mass is 9.82. The van der Waals surface area contributed by atoms with Crippen molar-refractivity contribution in [3.63, 3.8) is 0 Å². The Morgan fingerprint density at radius 2 is 0.781 bits per heavy atom. The first-order valence-electron chi connectivity index (χ1n) is 11.2. The van der Waals surface area contributed by atoms with Crippen LogP contribution in [-0.4, -0.2) is 0 Å². The summed E-state index contributed by atoms with van der Waals surface area (Å²) in [5.41, 5.74) is 24.4. The average molecular weight is 419 g/mol. The topological polar surface area (TPSA) is 52.0 Å². The Bertz CT molecular complexity index is 1240. The Morgan fingerprint density at radius 1 is 0.438 bits per heavy atom. The number of nitrogens with two attached hydrogens (primary N) is 2. The third-order valence-corrected chi connectivity index (χ3v) is 7.22. The zero-order chi connectivity index (χ0) is 22.7. The van der Waals surface area contributed by atoms with E-state index in [0.717, 1.165) is 11.4 Å². The summed E-state index contributed by atoms with van der Waals surface area (Å²) in [5, 5.41) is 0. The molecule has 160 valence electrons. The molecule has 0 bridgehead atoms. The standard InChI is InChI=1S/2C15H15N/c2*1-15(2)13-6-4-3-5-11(13)12-8-7-10(16)9-14(12)15/h2*3-9H,16H2,1-2H3. The summed E-state index contributed by atoms with van der Waals surface area (Å²) < 4.78 is 0. The molecule has 0 unspecified atom stereocenters. The second kappa shape index (κ2) is 7.00. The van der Waals surface area contributed by atoms with Crippen LogP contribution < -0.4 is 11.5 Å². The number of hydrogen-bond donors (Lipinski definition) is 2. The highest BCUT2D eigenvalue weighted by molar-refractivity contribution is 5.83. The van der Waals surface area contributed by atoms with Crippen molar-refractivity contribution in [3.8, 4) is 22.3 Å². The highest BCUT2D eigenvalue weighted by Gasteiger charge is 2.35. The Balaban J connectivity index is 0.000000135. The van der Waals surface area contributed by atoms with E-state index >= 15 is 0 Å². The van der Waals surface area contributed by atoms with Crippen molar-refractivity contribution in [2.24, 2.45) is 0 Å². The summed E-state index contributed by atoms with van der Waals surface area (Å²) in [5.74, 6) is 0. The molecule has 6 rings (SSSR count). The molecule has 4 N–H and O–H groups in total. The van der Waals surface area contributed by atoms with Crippen molar-refractivity contribution in [2.45, 2.75) is 38.5 Å². The molecule has 0 spiro atoms. The smallest absolute Gasteiger partial charge is 0.0317 e. The van der Waals surface area contributed by atoms with Crippen molar-refractivity contribution in [3.05, 3.63) is 107 Å². The number of fused-ring (bicyclic) bond motifs is 6. The quantitative estimate of drug-likeness (QED) is 0.298. The lowest BCUT2D eigenvalue weighted by molar-refractivity contribution is 0.660. The molecule has 4 aromatic carbocycles. The van der Waals surface area contributed by atoms with Gasteiger partial charge in [-0.25, -0.2) is 0 Å². The predicted molar refractivity (Wildman–Crippen MR) is 137 cm³/mol. The van der Waals surface area contributed by atoms with Crippen LogP contribution in [0, 0.1) is 0 Å². The van der Waals surface area contributed by atoms with Gasteiger partial charge in [-0.3, -0.25) is 0 Å². The maximum Gasteiger partial charge on any atom is 0.0317 e. The van der Waals surface area contributed by atoms with E-state index in [9.17, 15) is 0 Å². The van der Waals surface area contributed by atoms with Gasteiger partial charge in [-0.05, 0) is 68.8 Å². The maximum absolute atomic E-state index is 5.89. The molecule has 0 aromatic heterocycles. The summed E-state index contributed by atoms with van der Waals surface area (Å²) in [6.07, 6.45) is 0. The van der Waals surface area contributed by atoms with E-state index in [1.807, 2.05) is 12.1 Å². The first kappa shape index (κ1) is 20.4. The number of rotatable bonds is 0. The molecule has 0 amide bonds. The molecule has 0 fully saturated rings. The van der Waals surface area contributed by atoms with E-state index < -0.39 is 0 Å². The van der Waals surface area contributed by atoms with E-state index in [1.54, 1.807) is 0 Å². The third kappa shape index (κ3) is 2.94. The predicted octanol–water partition coefficient (Wildman–Crippen LogP) is 7.15. The molecule has 0 saturated carbocycles. The van der Waals surface area contributed by atoms with Crippen LogP contribution in [0.15, 0.2) is 84.9 Å². The van der Waals surface area contributed by atoms with Crippen LogP contribution in [0.3, 0.4) is 0 Å². The highest BCUT2D eigenvalue weighted by Crippen LogP contribution is 2.49. The second-order valence-electron chi connectivity index (χ2n) is 9.95. The van der Waals surface area contributed by atoms with Crippen molar-refractivity contribution in [1.29, 1.82) is 0 Å². The minimum atomic E-state index is 0.0707. The molecule has 0 radical (unpaired) electrons. The molecule has 0 aliphatic heterocycles. The van der Waals surface area contributed by atoms with Gasteiger partial charge in [-0.2, -0.15) is 0 Å². The summed E-state index contributed by atoms with van der Waals surface area (Å²) in [4.78, 5) is 0. The van der Waals surface area contributed by atoms with Gasteiger partial charge in [0.05, 0.1) is 0 Å². The Labute approximate surface area is 190 Å². The maximum atomic E-state index is 5.89. The molecule has 2 heteroatoms. The van der Waals surface area contributed by atoms with Crippen molar-refractivity contribution in [2.75, 3.05) is 11.5 Å². The SMILES string of the molecule is CC1(C)c2ccccc2-c2ccc(N)cc21.CC1(C)c2ccccc2-c2ccc(N)cc21. The third-order valence-electron chi connectivity index (χ3n) is 7.22. The molecule has 0 heterocycles. The Hall–Kier alpha value is -3.52. The molecule has 2 aliphatic rings. The molecule has 4 aromatic rings. The normalized spacial score (nSPS) is 15.6. The zero-order valence-corrected chi connectivity index (χ0v) is 19.2. The molecule has 32 heavy (non-hydrogen) atoms. The fraction of sp³-hybridized carbons (Fsp3) is 0.200. The van der Waals surface area contributed by atoms with Crippen LogP contribution >= 0.6 is 0 Å². The van der Waals surface area contributed by atoms with Gasteiger partial charge in [-0.1, -0.05) is 88.4 Å². The van der Waals surface area contributed by atoms with Gasteiger partial charge in [0, 0.05) is 22.2 Å². The monoisotopic (exact) mass is 418 g/mol. The fourth-order valence-corrected chi connectivity index (χ4v) is 5.44. The fourth-order valence-electron chi connectivity index (χ4n) is 5.44. The number of anilines is 2. The second-order valence-corrected chi connectivity index (χ2v) is 9.95. The van der Waals surface area contributed by atoms with E-state index in [4.69, 9.17) is 11.5 Å². The van der Waals surface area contributed by atoms with Crippen LogP contribution in [0.1, 0.15) is 49.9 Å². The van der Waals surface area contributed by atoms with Crippen LogP contribution in [0.5, 0.6) is 0 Å². The molecule has 0 saturated heterocycles. The lowest BCUT2D eigenvalue weighted by Crippen LogP contribution is -2.15. The van der Waals surface area contributed by atoms with Gasteiger partial charge < -0.3 is 11.5 Å². The zero-order valence-electron chi connectivity index (χ0n) is 19.2. The number of benzene rings is 4. The highest BCUT2D eigenvalue weighted by atomic mass is 14.6. The molecule has 2 nitrogen and oxygen atoms in total. The van der Waals surface area contributed by atoms with Gasteiger partial charge in [0.15, 0.2) is 0 Å².